The number of ether oxygens (including phenoxy) is 2. The van der Waals surface area contributed by atoms with E-state index in [-0.39, 0.29) is 5.57 Å². The van der Waals surface area contributed by atoms with E-state index in [9.17, 15) is 10.1 Å². The molecule has 1 N–H and O–H groups in total. The molecular formula is C26H23ClN2O3. The number of rotatable bonds is 8. The van der Waals surface area contributed by atoms with Gasteiger partial charge in [-0.3, -0.25) is 4.79 Å². The summed E-state index contributed by atoms with van der Waals surface area (Å²) in [7, 11) is 1.59. The highest BCUT2D eigenvalue weighted by molar-refractivity contribution is 6.31. The standard InChI is InChI=1S/C26H23ClN2O3/c1-3-32-23-12-9-22(10-13-23)29-26(30)21(17-28)14-18-8-11-24(31-2)16-20(18)15-19-6-4-5-7-25(19)27/h4-14,16H,3,15H2,1-2H3,(H,29,30)/b21-14+. The van der Waals surface area contributed by atoms with Crippen LogP contribution < -0.4 is 14.8 Å². The van der Waals surface area contributed by atoms with Crippen LogP contribution in [0.2, 0.25) is 5.02 Å². The number of hydrogen-bond donors (Lipinski definition) is 1. The van der Waals surface area contributed by atoms with Gasteiger partial charge in [0, 0.05) is 10.7 Å². The van der Waals surface area contributed by atoms with E-state index in [0.29, 0.717) is 35.2 Å². The molecule has 0 radical (unpaired) electrons. The number of nitrogens with zero attached hydrogens (tertiary/aromatic N) is 1. The molecule has 0 aliphatic carbocycles. The third-order valence-electron chi connectivity index (χ3n) is 4.78. The maximum absolute atomic E-state index is 12.7. The lowest BCUT2D eigenvalue weighted by Gasteiger charge is -2.11. The van der Waals surface area contributed by atoms with Crippen molar-refractivity contribution in [2.45, 2.75) is 13.3 Å². The summed E-state index contributed by atoms with van der Waals surface area (Å²) >= 11 is 6.33. The molecule has 0 saturated heterocycles. The molecule has 0 spiro atoms. The fourth-order valence-corrected chi connectivity index (χ4v) is 3.36. The van der Waals surface area contributed by atoms with Crippen LogP contribution in [0.5, 0.6) is 11.5 Å². The minimum absolute atomic E-state index is 0.00976. The summed E-state index contributed by atoms with van der Waals surface area (Å²) in [5, 5.41) is 13.0. The van der Waals surface area contributed by atoms with Crippen LogP contribution in [0, 0.1) is 11.3 Å². The van der Waals surface area contributed by atoms with E-state index >= 15 is 0 Å². The number of carbonyl (C=O) groups is 1. The number of anilines is 1. The Kier molecular flexibility index (Phi) is 7.91. The largest absolute Gasteiger partial charge is 0.497 e. The number of methoxy groups -OCH3 is 1. The lowest BCUT2D eigenvalue weighted by atomic mass is 9.97. The minimum atomic E-state index is -0.490. The first kappa shape index (κ1) is 22.9. The van der Waals surface area contributed by atoms with Crippen LogP contribution in [-0.4, -0.2) is 19.6 Å². The van der Waals surface area contributed by atoms with Gasteiger partial charge in [-0.05, 0) is 78.6 Å². The van der Waals surface area contributed by atoms with Gasteiger partial charge in [0.2, 0.25) is 0 Å². The number of halogens is 1. The molecule has 0 aliphatic heterocycles. The predicted molar refractivity (Wildman–Crippen MR) is 127 cm³/mol. The molecule has 0 atom stereocenters. The summed E-state index contributed by atoms with van der Waals surface area (Å²) < 4.78 is 10.8. The van der Waals surface area contributed by atoms with Crippen molar-refractivity contribution in [2.24, 2.45) is 0 Å². The van der Waals surface area contributed by atoms with Crippen LogP contribution in [0.3, 0.4) is 0 Å². The Morgan fingerprint density at radius 1 is 1.06 bits per heavy atom. The van der Waals surface area contributed by atoms with E-state index < -0.39 is 5.91 Å². The summed E-state index contributed by atoms with van der Waals surface area (Å²) in [4.78, 5) is 12.7. The second-order valence-electron chi connectivity index (χ2n) is 6.91. The molecule has 3 aromatic carbocycles. The lowest BCUT2D eigenvalue weighted by molar-refractivity contribution is -0.112. The highest BCUT2D eigenvalue weighted by atomic mass is 35.5. The number of benzene rings is 3. The van der Waals surface area contributed by atoms with Crippen molar-refractivity contribution in [3.8, 4) is 17.6 Å². The van der Waals surface area contributed by atoms with Crippen molar-refractivity contribution in [2.75, 3.05) is 19.0 Å². The van der Waals surface area contributed by atoms with Gasteiger partial charge in [0.05, 0.1) is 13.7 Å². The van der Waals surface area contributed by atoms with Crippen molar-refractivity contribution in [1.82, 2.24) is 0 Å². The Morgan fingerprint density at radius 2 is 1.78 bits per heavy atom. The molecule has 0 saturated carbocycles. The topological polar surface area (TPSA) is 71.3 Å². The van der Waals surface area contributed by atoms with E-state index in [2.05, 4.69) is 5.32 Å². The molecule has 0 unspecified atom stereocenters. The number of hydrogen-bond acceptors (Lipinski definition) is 4. The molecule has 0 fully saturated rings. The van der Waals surface area contributed by atoms with E-state index in [1.54, 1.807) is 43.5 Å². The second-order valence-corrected chi connectivity index (χ2v) is 7.32. The number of carbonyl (C=O) groups excluding carboxylic acids is 1. The average molecular weight is 447 g/mol. The molecule has 0 heterocycles. The first-order valence-electron chi connectivity index (χ1n) is 10.1. The predicted octanol–water partition coefficient (Wildman–Crippen LogP) is 5.88. The number of nitriles is 1. The SMILES string of the molecule is CCOc1ccc(NC(=O)/C(C#N)=C/c2ccc(OC)cc2Cc2ccccc2Cl)cc1. The maximum Gasteiger partial charge on any atom is 0.266 e. The normalized spacial score (nSPS) is 10.9. The fraction of sp³-hybridized carbons (Fsp3) is 0.154. The van der Waals surface area contributed by atoms with Gasteiger partial charge in [0.15, 0.2) is 0 Å². The van der Waals surface area contributed by atoms with Gasteiger partial charge >= 0.3 is 0 Å². The monoisotopic (exact) mass is 446 g/mol. The third kappa shape index (κ3) is 5.90. The third-order valence-corrected chi connectivity index (χ3v) is 5.15. The van der Waals surface area contributed by atoms with Crippen molar-refractivity contribution in [1.29, 1.82) is 5.26 Å². The summed E-state index contributed by atoms with van der Waals surface area (Å²) in [6.07, 6.45) is 2.11. The first-order valence-corrected chi connectivity index (χ1v) is 10.5. The summed E-state index contributed by atoms with van der Waals surface area (Å²) in [6.45, 7) is 2.46. The number of amides is 1. The van der Waals surface area contributed by atoms with Crippen molar-refractivity contribution in [3.05, 3.63) is 94.0 Å². The summed E-state index contributed by atoms with van der Waals surface area (Å²) in [5.41, 5.74) is 3.13. The van der Waals surface area contributed by atoms with Crippen LogP contribution in [0.25, 0.3) is 6.08 Å². The first-order chi connectivity index (χ1) is 15.5. The smallest absolute Gasteiger partial charge is 0.266 e. The van der Waals surface area contributed by atoms with Crippen LogP contribution in [0.15, 0.2) is 72.3 Å². The molecule has 3 rings (SSSR count). The summed E-state index contributed by atoms with van der Waals surface area (Å²) in [5.74, 6) is 0.904. The van der Waals surface area contributed by atoms with Gasteiger partial charge in [-0.1, -0.05) is 35.9 Å². The van der Waals surface area contributed by atoms with E-state index in [1.807, 2.05) is 49.4 Å². The van der Waals surface area contributed by atoms with Gasteiger partial charge < -0.3 is 14.8 Å². The van der Waals surface area contributed by atoms with Crippen molar-refractivity contribution in [3.63, 3.8) is 0 Å². The zero-order chi connectivity index (χ0) is 22.9. The number of nitrogens with one attached hydrogen (secondary N) is 1. The second kappa shape index (κ2) is 11.0. The molecule has 1 amide bonds. The molecule has 32 heavy (non-hydrogen) atoms. The van der Waals surface area contributed by atoms with E-state index in [1.165, 1.54) is 0 Å². The zero-order valence-electron chi connectivity index (χ0n) is 17.9. The molecule has 6 heteroatoms. The Labute approximate surface area is 192 Å². The Bertz CT molecular complexity index is 1160. The molecular weight excluding hydrogens is 424 g/mol. The minimum Gasteiger partial charge on any atom is -0.497 e. The van der Waals surface area contributed by atoms with Crippen LogP contribution >= 0.6 is 11.6 Å². The zero-order valence-corrected chi connectivity index (χ0v) is 18.6. The van der Waals surface area contributed by atoms with Crippen LogP contribution in [-0.2, 0) is 11.2 Å². The Balaban J connectivity index is 1.88. The highest BCUT2D eigenvalue weighted by Crippen LogP contribution is 2.26. The van der Waals surface area contributed by atoms with Crippen molar-refractivity contribution >= 4 is 29.3 Å². The molecule has 0 aromatic heterocycles. The van der Waals surface area contributed by atoms with Gasteiger partial charge in [0.25, 0.3) is 5.91 Å². The molecule has 5 nitrogen and oxygen atoms in total. The van der Waals surface area contributed by atoms with Gasteiger partial charge in [-0.15, -0.1) is 0 Å². The molecule has 3 aromatic rings. The van der Waals surface area contributed by atoms with Gasteiger partial charge in [0.1, 0.15) is 23.1 Å². The van der Waals surface area contributed by atoms with Crippen molar-refractivity contribution < 1.29 is 14.3 Å². The maximum atomic E-state index is 12.7. The fourth-order valence-electron chi connectivity index (χ4n) is 3.15. The van der Waals surface area contributed by atoms with Crippen LogP contribution in [0.1, 0.15) is 23.6 Å². The van der Waals surface area contributed by atoms with E-state index in [0.717, 1.165) is 16.7 Å². The highest BCUT2D eigenvalue weighted by Gasteiger charge is 2.13. The summed E-state index contributed by atoms with van der Waals surface area (Å²) in [6, 6.07) is 22.1. The van der Waals surface area contributed by atoms with Crippen LogP contribution in [0.4, 0.5) is 5.69 Å². The molecule has 0 aliphatic rings. The molecule has 0 bridgehead atoms. The quantitative estimate of drug-likeness (QED) is 0.346. The van der Waals surface area contributed by atoms with Gasteiger partial charge in [-0.25, -0.2) is 0 Å². The molecule has 162 valence electrons. The Hall–Kier alpha value is -3.75. The Morgan fingerprint density at radius 3 is 2.44 bits per heavy atom. The lowest BCUT2D eigenvalue weighted by Crippen LogP contribution is -2.13. The average Bonchev–Trinajstić information content (AvgIpc) is 2.81. The van der Waals surface area contributed by atoms with Gasteiger partial charge in [-0.2, -0.15) is 5.26 Å². The van der Waals surface area contributed by atoms with E-state index in [4.69, 9.17) is 21.1 Å².